The average molecular weight is 225 g/mol. The summed E-state index contributed by atoms with van der Waals surface area (Å²) in [4.78, 5) is 6.34. The quantitative estimate of drug-likeness (QED) is 0.793. The van der Waals surface area contributed by atoms with Gasteiger partial charge in [0.05, 0.1) is 5.60 Å². The number of hydrogen-bond acceptors (Lipinski definition) is 3. The number of aromatic nitrogens is 2. The fourth-order valence-electron chi connectivity index (χ4n) is 1.89. The number of aliphatic hydroxyl groups is 1. The summed E-state index contributed by atoms with van der Waals surface area (Å²) >= 11 is 0. The van der Waals surface area contributed by atoms with E-state index in [1.807, 2.05) is 40.2 Å². The third-order valence-electron chi connectivity index (χ3n) is 2.52. The molecule has 0 atom stereocenters. The van der Waals surface area contributed by atoms with Crippen LogP contribution in [0, 0.1) is 6.92 Å². The van der Waals surface area contributed by atoms with Crippen LogP contribution >= 0.6 is 0 Å². The van der Waals surface area contributed by atoms with Crippen LogP contribution in [0.4, 0.5) is 0 Å². The first-order valence-corrected chi connectivity index (χ1v) is 5.77. The molecule has 1 N–H and O–H groups in total. The van der Waals surface area contributed by atoms with Crippen molar-refractivity contribution < 1.29 is 5.11 Å². The van der Waals surface area contributed by atoms with Gasteiger partial charge in [0.25, 0.3) is 0 Å². The third kappa shape index (κ3) is 4.77. The van der Waals surface area contributed by atoms with Crippen LogP contribution in [-0.2, 0) is 6.54 Å². The fourth-order valence-corrected chi connectivity index (χ4v) is 1.89. The molecule has 1 aromatic heterocycles. The summed E-state index contributed by atoms with van der Waals surface area (Å²) in [7, 11) is 2.04. The molecule has 0 spiro atoms. The molecule has 0 amide bonds. The highest BCUT2D eigenvalue weighted by molar-refractivity contribution is 4.88. The van der Waals surface area contributed by atoms with Crippen LogP contribution in [0.3, 0.4) is 0 Å². The van der Waals surface area contributed by atoms with E-state index in [4.69, 9.17) is 0 Å². The topological polar surface area (TPSA) is 41.3 Å². The van der Waals surface area contributed by atoms with E-state index in [0.717, 1.165) is 25.3 Å². The van der Waals surface area contributed by atoms with E-state index in [2.05, 4.69) is 14.5 Å². The molecule has 0 bridgehead atoms. The van der Waals surface area contributed by atoms with E-state index in [1.54, 1.807) is 0 Å². The molecule has 0 radical (unpaired) electrons. The Kier molecular flexibility index (Phi) is 4.50. The molecule has 4 nitrogen and oxygen atoms in total. The first kappa shape index (κ1) is 13.2. The maximum Gasteiger partial charge on any atom is 0.105 e. The van der Waals surface area contributed by atoms with Gasteiger partial charge in [-0.05, 0) is 40.8 Å². The van der Waals surface area contributed by atoms with Gasteiger partial charge in [0, 0.05) is 25.5 Å². The van der Waals surface area contributed by atoms with Gasteiger partial charge in [-0.1, -0.05) is 0 Å². The lowest BCUT2D eigenvalue weighted by molar-refractivity contribution is 0.0440. The number of aryl methyl sites for hydroxylation is 2. The highest BCUT2D eigenvalue weighted by Gasteiger charge is 2.14. The zero-order valence-corrected chi connectivity index (χ0v) is 10.8. The van der Waals surface area contributed by atoms with Crippen LogP contribution < -0.4 is 0 Å². The van der Waals surface area contributed by atoms with Gasteiger partial charge in [-0.25, -0.2) is 4.98 Å². The van der Waals surface area contributed by atoms with E-state index >= 15 is 0 Å². The summed E-state index contributed by atoms with van der Waals surface area (Å²) in [5, 5.41) is 9.66. The minimum atomic E-state index is -0.611. The standard InChI is InChI=1S/C12H23N3O/c1-11-13-6-9-15(11)8-5-7-14(4)10-12(2,3)16/h6,9,16H,5,7-8,10H2,1-4H3. The molecule has 0 aromatic carbocycles. The molecule has 1 aromatic rings. The summed E-state index contributed by atoms with van der Waals surface area (Å²) in [5.41, 5.74) is -0.611. The number of imidazole rings is 1. The van der Waals surface area contributed by atoms with Gasteiger partial charge in [0.1, 0.15) is 5.82 Å². The first-order chi connectivity index (χ1) is 7.38. The molecule has 0 saturated heterocycles. The second kappa shape index (κ2) is 5.46. The van der Waals surface area contributed by atoms with Gasteiger partial charge in [0.15, 0.2) is 0 Å². The molecule has 0 unspecified atom stereocenters. The smallest absolute Gasteiger partial charge is 0.105 e. The van der Waals surface area contributed by atoms with Crippen molar-refractivity contribution in [2.45, 2.75) is 39.3 Å². The number of rotatable bonds is 6. The van der Waals surface area contributed by atoms with Crippen molar-refractivity contribution in [3.63, 3.8) is 0 Å². The van der Waals surface area contributed by atoms with Gasteiger partial charge >= 0.3 is 0 Å². The lowest BCUT2D eigenvalue weighted by Gasteiger charge is -2.25. The molecule has 92 valence electrons. The van der Waals surface area contributed by atoms with Crippen LogP contribution in [0.25, 0.3) is 0 Å². The number of nitrogens with zero attached hydrogens (tertiary/aromatic N) is 3. The van der Waals surface area contributed by atoms with Crippen LogP contribution in [0.5, 0.6) is 0 Å². The van der Waals surface area contributed by atoms with Crippen LogP contribution in [0.15, 0.2) is 12.4 Å². The van der Waals surface area contributed by atoms with E-state index in [0.29, 0.717) is 6.54 Å². The van der Waals surface area contributed by atoms with Crippen molar-refractivity contribution >= 4 is 0 Å². The molecule has 0 aliphatic carbocycles. The lowest BCUT2D eigenvalue weighted by Crippen LogP contribution is -2.36. The minimum Gasteiger partial charge on any atom is -0.389 e. The Morgan fingerprint density at radius 1 is 1.50 bits per heavy atom. The largest absolute Gasteiger partial charge is 0.389 e. The predicted molar refractivity (Wildman–Crippen MR) is 65.4 cm³/mol. The van der Waals surface area contributed by atoms with Crippen molar-refractivity contribution in [3.05, 3.63) is 18.2 Å². The predicted octanol–water partition coefficient (Wildman–Crippen LogP) is 1.28. The normalized spacial score (nSPS) is 12.4. The van der Waals surface area contributed by atoms with E-state index in [9.17, 15) is 5.11 Å². The van der Waals surface area contributed by atoms with Crippen LogP contribution in [0.1, 0.15) is 26.1 Å². The van der Waals surface area contributed by atoms with Gasteiger partial charge in [-0.3, -0.25) is 0 Å². The second-order valence-corrected chi connectivity index (χ2v) is 5.07. The zero-order chi connectivity index (χ0) is 12.2. The average Bonchev–Trinajstić information content (AvgIpc) is 2.48. The summed E-state index contributed by atoms with van der Waals surface area (Å²) in [6.07, 6.45) is 4.91. The Morgan fingerprint density at radius 3 is 2.69 bits per heavy atom. The highest BCUT2D eigenvalue weighted by Crippen LogP contribution is 2.04. The third-order valence-corrected chi connectivity index (χ3v) is 2.52. The first-order valence-electron chi connectivity index (χ1n) is 5.77. The Balaban J connectivity index is 2.23. The molecule has 1 rings (SSSR count). The second-order valence-electron chi connectivity index (χ2n) is 5.07. The van der Waals surface area contributed by atoms with Crippen molar-refractivity contribution in [3.8, 4) is 0 Å². The summed E-state index contributed by atoms with van der Waals surface area (Å²) < 4.78 is 2.15. The van der Waals surface area contributed by atoms with E-state index < -0.39 is 5.60 Å². The van der Waals surface area contributed by atoms with Gasteiger partial charge in [-0.2, -0.15) is 0 Å². The Morgan fingerprint density at radius 2 is 2.19 bits per heavy atom. The molecule has 0 aliphatic heterocycles. The molecule has 1 heterocycles. The zero-order valence-electron chi connectivity index (χ0n) is 10.8. The molecule has 0 aliphatic rings. The minimum absolute atomic E-state index is 0.611. The van der Waals surface area contributed by atoms with Crippen LogP contribution in [0.2, 0.25) is 0 Å². The Labute approximate surface area is 97.9 Å². The molecule has 0 fully saturated rings. The Hall–Kier alpha value is -0.870. The molecule has 16 heavy (non-hydrogen) atoms. The number of likely N-dealkylation sites (N-methyl/N-ethyl adjacent to an activating group) is 1. The van der Waals surface area contributed by atoms with Gasteiger partial charge < -0.3 is 14.6 Å². The maximum absolute atomic E-state index is 9.66. The fraction of sp³-hybridized carbons (Fsp3) is 0.750. The van der Waals surface area contributed by atoms with Crippen LogP contribution in [-0.4, -0.2) is 45.3 Å². The van der Waals surface area contributed by atoms with E-state index in [-0.39, 0.29) is 0 Å². The van der Waals surface area contributed by atoms with Crippen molar-refractivity contribution in [1.82, 2.24) is 14.5 Å². The summed E-state index contributed by atoms with van der Waals surface area (Å²) in [6.45, 7) is 8.37. The van der Waals surface area contributed by atoms with Gasteiger partial charge in [-0.15, -0.1) is 0 Å². The maximum atomic E-state index is 9.66. The molecular weight excluding hydrogens is 202 g/mol. The lowest BCUT2D eigenvalue weighted by atomic mass is 10.1. The molecule has 0 saturated carbocycles. The highest BCUT2D eigenvalue weighted by atomic mass is 16.3. The van der Waals surface area contributed by atoms with Crippen molar-refractivity contribution in [2.75, 3.05) is 20.1 Å². The van der Waals surface area contributed by atoms with Gasteiger partial charge in [0.2, 0.25) is 0 Å². The monoisotopic (exact) mass is 225 g/mol. The molecule has 4 heteroatoms. The van der Waals surface area contributed by atoms with Crippen molar-refractivity contribution in [2.24, 2.45) is 0 Å². The Bertz CT molecular complexity index is 314. The van der Waals surface area contributed by atoms with Crippen molar-refractivity contribution in [1.29, 1.82) is 0 Å². The number of hydrogen-bond donors (Lipinski definition) is 1. The summed E-state index contributed by atoms with van der Waals surface area (Å²) in [5.74, 6) is 1.06. The summed E-state index contributed by atoms with van der Waals surface area (Å²) in [6, 6.07) is 0. The van der Waals surface area contributed by atoms with E-state index in [1.165, 1.54) is 0 Å². The molecular formula is C12H23N3O. The SMILES string of the molecule is Cc1nccn1CCCN(C)CC(C)(C)O.